The van der Waals surface area contributed by atoms with Crippen LogP contribution in [0.25, 0.3) is 0 Å². The Hall–Kier alpha value is -0.980. The van der Waals surface area contributed by atoms with Gasteiger partial charge in [-0.15, -0.1) is 0 Å². The first-order chi connectivity index (χ1) is 7.35. The summed E-state index contributed by atoms with van der Waals surface area (Å²) in [6.07, 6.45) is 2.43. The fourth-order valence-corrected chi connectivity index (χ4v) is 0.660. The van der Waals surface area contributed by atoms with E-state index in [9.17, 15) is 0 Å². The van der Waals surface area contributed by atoms with E-state index in [1.165, 1.54) is 0 Å². The van der Waals surface area contributed by atoms with Gasteiger partial charge in [0.2, 0.25) is 0 Å². The summed E-state index contributed by atoms with van der Waals surface area (Å²) < 4.78 is 9.95. The Bertz CT molecular complexity index is 195. The SMILES string of the molecule is CC/C=N\C(=N/COCCO)OCCO. The summed E-state index contributed by atoms with van der Waals surface area (Å²) in [5.41, 5.74) is 0. The van der Waals surface area contributed by atoms with Crippen LogP contribution in [0.5, 0.6) is 0 Å². The first-order valence-electron chi connectivity index (χ1n) is 4.84. The molecular formula is C9H18N2O4. The fourth-order valence-electron chi connectivity index (χ4n) is 0.660. The molecule has 0 saturated carbocycles. The van der Waals surface area contributed by atoms with Gasteiger partial charge in [0.15, 0.2) is 0 Å². The van der Waals surface area contributed by atoms with E-state index < -0.39 is 0 Å². The third-order valence-electron chi connectivity index (χ3n) is 1.23. The van der Waals surface area contributed by atoms with Crippen LogP contribution in [0.2, 0.25) is 0 Å². The molecular weight excluding hydrogens is 200 g/mol. The summed E-state index contributed by atoms with van der Waals surface area (Å²) in [5, 5.41) is 17.0. The molecule has 0 heterocycles. The largest absolute Gasteiger partial charge is 0.461 e. The maximum atomic E-state index is 8.55. The van der Waals surface area contributed by atoms with Crippen LogP contribution in [0.3, 0.4) is 0 Å². The van der Waals surface area contributed by atoms with Crippen LogP contribution in [0, 0.1) is 0 Å². The van der Waals surface area contributed by atoms with Crippen molar-refractivity contribution in [2.75, 3.05) is 33.2 Å². The zero-order valence-corrected chi connectivity index (χ0v) is 8.93. The highest BCUT2D eigenvalue weighted by atomic mass is 16.5. The van der Waals surface area contributed by atoms with E-state index in [-0.39, 0.29) is 39.2 Å². The molecule has 15 heavy (non-hydrogen) atoms. The third-order valence-corrected chi connectivity index (χ3v) is 1.23. The lowest BCUT2D eigenvalue weighted by molar-refractivity contribution is 0.0958. The highest BCUT2D eigenvalue weighted by Gasteiger charge is 1.95. The number of aliphatic imine (C=N–C) groups is 2. The topological polar surface area (TPSA) is 83.6 Å². The molecule has 2 N–H and O–H groups in total. The second-order valence-electron chi connectivity index (χ2n) is 2.49. The summed E-state index contributed by atoms with van der Waals surface area (Å²) in [6.45, 7) is 2.28. The Labute approximate surface area is 89.3 Å². The number of hydrogen-bond donors (Lipinski definition) is 2. The van der Waals surface area contributed by atoms with Crippen molar-refractivity contribution in [3.05, 3.63) is 0 Å². The quantitative estimate of drug-likeness (QED) is 0.352. The predicted molar refractivity (Wildman–Crippen MR) is 57.2 cm³/mol. The Morgan fingerprint density at radius 3 is 2.60 bits per heavy atom. The number of hydrogen-bond acceptors (Lipinski definition) is 5. The molecule has 0 aromatic heterocycles. The number of aliphatic hydroxyl groups excluding tert-OH is 2. The molecule has 0 aliphatic heterocycles. The van der Waals surface area contributed by atoms with E-state index in [4.69, 9.17) is 19.7 Å². The van der Waals surface area contributed by atoms with E-state index in [1.807, 2.05) is 6.92 Å². The van der Waals surface area contributed by atoms with Crippen molar-refractivity contribution >= 4 is 12.2 Å². The van der Waals surface area contributed by atoms with Gasteiger partial charge in [-0.3, -0.25) is 0 Å². The van der Waals surface area contributed by atoms with Crippen LogP contribution in [-0.2, 0) is 9.47 Å². The van der Waals surface area contributed by atoms with Gasteiger partial charge in [-0.25, -0.2) is 9.98 Å². The summed E-state index contributed by atoms with van der Waals surface area (Å²) in [5.74, 6) is 0. The van der Waals surface area contributed by atoms with E-state index >= 15 is 0 Å². The van der Waals surface area contributed by atoms with E-state index in [2.05, 4.69) is 9.98 Å². The Balaban J connectivity index is 3.91. The molecule has 0 unspecified atom stereocenters. The van der Waals surface area contributed by atoms with Crippen LogP contribution in [0.4, 0.5) is 0 Å². The van der Waals surface area contributed by atoms with Crippen LogP contribution in [0.1, 0.15) is 13.3 Å². The Kier molecular flexibility index (Phi) is 10.4. The second-order valence-corrected chi connectivity index (χ2v) is 2.49. The minimum Gasteiger partial charge on any atom is -0.461 e. The normalized spacial score (nSPS) is 12.3. The minimum atomic E-state index is -0.0852. The van der Waals surface area contributed by atoms with Gasteiger partial charge in [-0.2, -0.15) is 0 Å². The molecule has 0 amide bonds. The van der Waals surface area contributed by atoms with Gasteiger partial charge in [0.1, 0.15) is 13.3 Å². The third kappa shape index (κ3) is 9.33. The molecule has 6 nitrogen and oxygen atoms in total. The highest BCUT2D eigenvalue weighted by molar-refractivity contribution is 5.83. The molecule has 0 saturated heterocycles. The molecule has 0 fully saturated rings. The van der Waals surface area contributed by atoms with E-state index in [1.54, 1.807) is 6.21 Å². The lowest BCUT2D eigenvalue weighted by atomic mass is 10.5. The molecule has 6 heteroatoms. The Morgan fingerprint density at radius 2 is 2.00 bits per heavy atom. The molecule has 0 aliphatic rings. The van der Waals surface area contributed by atoms with Crippen molar-refractivity contribution in [1.29, 1.82) is 0 Å². The van der Waals surface area contributed by atoms with Crippen LogP contribution in [-0.4, -0.2) is 55.6 Å². The summed E-state index contributed by atoms with van der Waals surface area (Å²) in [6, 6.07) is 0.184. The smallest absolute Gasteiger partial charge is 0.313 e. The van der Waals surface area contributed by atoms with Crippen molar-refractivity contribution in [3.63, 3.8) is 0 Å². The van der Waals surface area contributed by atoms with E-state index in [0.29, 0.717) is 0 Å². The zero-order valence-electron chi connectivity index (χ0n) is 8.93. The summed E-state index contributed by atoms with van der Waals surface area (Å²) >= 11 is 0. The van der Waals surface area contributed by atoms with Gasteiger partial charge in [-0.1, -0.05) is 6.92 Å². The first-order valence-corrected chi connectivity index (χ1v) is 4.84. The lowest BCUT2D eigenvalue weighted by Gasteiger charge is -2.03. The average molecular weight is 218 g/mol. The van der Waals surface area contributed by atoms with Gasteiger partial charge in [-0.05, 0) is 6.42 Å². The second kappa shape index (κ2) is 11.1. The number of amidine groups is 1. The van der Waals surface area contributed by atoms with Crippen LogP contribution in [0.15, 0.2) is 9.98 Å². The average Bonchev–Trinajstić information content (AvgIpc) is 2.27. The number of nitrogens with zero attached hydrogens (tertiary/aromatic N) is 2. The predicted octanol–water partition coefficient (Wildman–Crippen LogP) is -0.202. The molecule has 0 aromatic carbocycles. The van der Waals surface area contributed by atoms with Crippen molar-refractivity contribution < 1.29 is 19.7 Å². The highest BCUT2D eigenvalue weighted by Crippen LogP contribution is 1.87. The van der Waals surface area contributed by atoms with Gasteiger partial charge < -0.3 is 19.7 Å². The maximum absolute atomic E-state index is 8.55. The molecule has 0 rings (SSSR count). The number of aliphatic hydroxyl groups is 2. The minimum absolute atomic E-state index is 0.0411. The summed E-state index contributed by atoms with van der Waals surface area (Å²) in [4.78, 5) is 7.81. The zero-order chi connectivity index (χ0) is 11.4. The molecule has 0 bridgehead atoms. The van der Waals surface area contributed by atoms with Gasteiger partial charge >= 0.3 is 6.02 Å². The van der Waals surface area contributed by atoms with E-state index in [0.717, 1.165) is 6.42 Å². The van der Waals surface area contributed by atoms with Crippen molar-refractivity contribution in [2.45, 2.75) is 13.3 Å². The standard InChI is InChI=1S/C9H18N2O4/c1-2-3-10-9(15-7-5-13)11-8-14-6-4-12/h3,12-13H,2,4-8H2,1H3/b10-3-,11-9+. The van der Waals surface area contributed by atoms with Gasteiger partial charge in [0, 0.05) is 6.21 Å². The van der Waals surface area contributed by atoms with Gasteiger partial charge in [0.25, 0.3) is 0 Å². The van der Waals surface area contributed by atoms with Gasteiger partial charge in [0.05, 0.1) is 19.8 Å². The Morgan fingerprint density at radius 1 is 1.27 bits per heavy atom. The van der Waals surface area contributed by atoms with Crippen molar-refractivity contribution in [3.8, 4) is 0 Å². The maximum Gasteiger partial charge on any atom is 0.313 e. The molecule has 0 aliphatic carbocycles. The fraction of sp³-hybridized carbons (Fsp3) is 0.778. The molecule has 0 atom stereocenters. The molecule has 88 valence electrons. The lowest BCUT2D eigenvalue weighted by Crippen LogP contribution is -2.09. The molecule has 0 aromatic rings. The van der Waals surface area contributed by atoms with Crippen LogP contribution < -0.4 is 0 Å². The molecule has 0 spiro atoms. The van der Waals surface area contributed by atoms with Crippen molar-refractivity contribution in [1.82, 2.24) is 0 Å². The summed E-state index contributed by atoms with van der Waals surface area (Å²) in [7, 11) is 0. The molecule has 0 radical (unpaired) electrons. The number of rotatable bonds is 7. The monoisotopic (exact) mass is 218 g/mol. The number of ether oxygens (including phenoxy) is 2. The first kappa shape index (κ1) is 14.0. The van der Waals surface area contributed by atoms with Crippen LogP contribution >= 0.6 is 0 Å². The van der Waals surface area contributed by atoms with Crippen molar-refractivity contribution in [2.24, 2.45) is 9.98 Å².